The van der Waals surface area contributed by atoms with Crippen molar-refractivity contribution in [1.82, 2.24) is 0 Å². The molecule has 0 bridgehead atoms. The zero-order valence-corrected chi connectivity index (χ0v) is 12.1. The van der Waals surface area contributed by atoms with Gasteiger partial charge in [0.15, 0.2) is 0 Å². The van der Waals surface area contributed by atoms with Gasteiger partial charge in [-0.05, 0) is 30.7 Å². The van der Waals surface area contributed by atoms with Gasteiger partial charge in [-0.25, -0.2) is 0 Å². The molecule has 0 aliphatic carbocycles. The van der Waals surface area contributed by atoms with Crippen molar-refractivity contribution in [2.45, 2.75) is 11.3 Å². The fourth-order valence-electron chi connectivity index (χ4n) is 1.62. The van der Waals surface area contributed by atoms with Gasteiger partial charge in [0.25, 0.3) is 0 Å². The fraction of sp³-hybridized carbons (Fsp3) is 0.200. The van der Waals surface area contributed by atoms with E-state index in [1.165, 1.54) is 0 Å². The van der Waals surface area contributed by atoms with Gasteiger partial charge < -0.3 is 10.5 Å². The van der Waals surface area contributed by atoms with Gasteiger partial charge in [-0.1, -0.05) is 35.9 Å². The molecule has 2 N–H and O–H groups in total. The van der Waals surface area contributed by atoms with E-state index in [0.717, 1.165) is 28.5 Å². The number of nitrogen functional groups attached to an aromatic ring is 1. The average molecular weight is 294 g/mol. The van der Waals surface area contributed by atoms with Crippen LogP contribution in [0.15, 0.2) is 53.4 Å². The highest BCUT2D eigenvalue weighted by Crippen LogP contribution is 2.32. The Balaban J connectivity index is 1.73. The number of ether oxygens (including phenoxy) is 1. The number of benzene rings is 2. The van der Waals surface area contributed by atoms with E-state index in [9.17, 15) is 0 Å². The standard InChI is InChI=1S/C15H16ClNOS/c16-13-8-4-9-14(17)15(13)19-11-5-10-18-12-6-2-1-3-7-12/h1-4,6-9H,5,10-11,17H2. The largest absolute Gasteiger partial charge is 0.494 e. The molecule has 0 saturated heterocycles. The van der Waals surface area contributed by atoms with Gasteiger partial charge in [0, 0.05) is 16.3 Å². The highest BCUT2D eigenvalue weighted by molar-refractivity contribution is 7.99. The van der Waals surface area contributed by atoms with E-state index in [-0.39, 0.29) is 0 Å². The SMILES string of the molecule is Nc1cccc(Cl)c1SCCCOc1ccccc1. The maximum atomic E-state index is 6.11. The molecule has 4 heteroatoms. The predicted molar refractivity (Wildman–Crippen MR) is 83.1 cm³/mol. The summed E-state index contributed by atoms with van der Waals surface area (Å²) in [5.41, 5.74) is 6.63. The maximum Gasteiger partial charge on any atom is 0.119 e. The third-order valence-electron chi connectivity index (χ3n) is 2.54. The van der Waals surface area contributed by atoms with Crippen LogP contribution in [0.25, 0.3) is 0 Å². The van der Waals surface area contributed by atoms with Crippen LogP contribution in [0.4, 0.5) is 5.69 Å². The third kappa shape index (κ3) is 4.37. The molecule has 0 amide bonds. The summed E-state index contributed by atoms with van der Waals surface area (Å²) < 4.78 is 5.63. The normalized spacial score (nSPS) is 10.4. The molecule has 0 saturated carbocycles. The van der Waals surface area contributed by atoms with E-state index in [4.69, 9.17) is 22.1 Å². The Labute approximate surface area is 122 Å². The van der Waals surface area contributed by atoms with Crippen LogP contribution >= 0.6 is 23.4 Å². The Kier molecular flexibility index (Phi) is 5.43. The van der Waals surface area contributed by atoms with E-state index in [1.54, 1.807) is 11.8 Å². The van der Waals surface area contributed by atoms with Crippen molar-refractivity contribution in [1.29, 1.82) is 0 Å². The summed E-state index contributed by atoms with van der Waals surface area (Å²) >= 11 is 7.78. The molecule has 2 aromatic carbocycles. The molecule has 0 unspecified atom stereocenters. The monoisotopic (exact) mass is 293 g/mol. The molecular weight excluding hydrogens is 278 g/mol. The molecule has 0 heterocycles. The molecule has 0 radical (unpaired) electrons. The minimum atomic E-state index is 0.696. The second-order valence-electron chi connectivity index (χ2n) is 4.02. The lowest BCUT2D eigenvalue weighted by molar-refractivity contribution is 0.319. The second-order valence-corrected chi connectivity index (χ2v) is 5.53. The summed E-state index contributed by atoms with van der Waals surface area (Å²) in [7, 11) is 0. The third-order valence-corrected chi connectivity index (χ3v) is 4.21. The van der Waals surface area contributed by atoms with Gasteiger partial charge in [-0.3, -0.25) is 0 Å². The van der Waals surface area contributed by atoms with Crippen molar-refractivity contribution in [3.05, 3.63) is 53.6 Å². The minimum Gasteiger partial charge on any atom is -0.494 e. The summed E-state index contributed by atoms with van der Waals surface area (Å²) in [5.74, 6) is 1.84. The fourth-order valence-corrected chi connectivity index (χ4v) is 2.87. The summed E-state index contributed by atoms with van der Waals surface area (Å²) in [4.78, 5) is 0.962. The molecule has 2 nitrogen and oxygen atoms in total. The van der Waals surface area contributed by atoms with Gasteiger partial charge in [-0.15, -0.1) is 11.8 Å². The van der Waals surface area contributed by atoms with Crippen molar-refractivity contribution >= 4 is 29.1 Å². The van der Waals surface area contributed by atoms with Crippen LogP contribution < -0.4 is 10.5 Å². The number of hydrogen-bond donors (Lipinski definition) is 1. The van der Waals surface area contributed by atoms with Gasteiger partial charge in [-0.2, -0.15) is 0 Å². The summed E-state index contributed by atoms with van der Waals surface area (Å²) in [5, 5.41) is 0.717. The van der Waals surface area contributed by atoms with E-state index in [2.05, 4.69) is 0 Å². The molecule has 2 rings (SSSR count). The van der Waals surface area contributed by atoms with Crippen LogP contribution in [0.1, 0.15) is 6.42 Å². The molecule has 100 valence electrons. The van der Waals surface area contributed by atoms with Crippen LogP contribution in [-0.2, 0) is 0 Å². The van der Waals surface area contributed by atoms with Crippen molar-refractivity contribution in [3.8, 4) is 5.75 Å². The molecule has 0 aliphatic heterocycles. The lowest BCUT2D eigenvalue weighted by atomic mass is 10.3. The van der Waals surface area contributed by atoms with Crippen LogP contribution in [0.5, 0.6) is 5.75 Å². The van der Waals surface area contributed by atoms with Gasteiger partial charge in [0.05, 0.1) is 11.6 Å². The first-order valence-electron chi connectivity index (χ1n) is 6.12. The molecule has 19 heavy (non-hydrogen) atoms. The van der Waals surface area contributed by atoms with Crippen molar-refractivity contribution < 1.29 is 4.74 Å². The second kappa shape index (κ2) is 7.31. The first kappa shape index (κ1) is 14.1. The Morgan fingerprint density at radius 1 is 1.05 bits per heavy atom. The summed E-state index contributed by atoms with van der Waals surface area (Å²) in [6.07, 6.45) is 0.949. The van der Waals surface area contributed by atoms with Crippen LogP contribution in [0.3, 0.4) is 0 Å². The molecule has 0 aliphatic rings. The maximum absolute atomic E-state index is 6.11. The highest BCUT2D eigenvalue weighted by atomic mass is 35.5. The molecular formula is C15H16ClNOS. The van der Waals surface area contributed by atoms with E-state index >= 15 is 0 Å². The minimum absolute atomic E-state index is 0.696. The number of hydrogen-bond acceptors (Lipinski definition) is 3. The first-order valence-corrected chi connectivity index (χ1v) is 7.48. The van der Waals surface area contributed by atoms with E-state index in [1.807, 2.05) is 48.5 Å². The van der Waals surface area contributed by atoms with Crippen molar-refractivity contribution in [2.75, 3.05) is 18.1 Å². The van der Waals surface area contributed by atoms with Gasteiger partial charge in [0.2, 0.25) is 0 Å². The van der Waals surface area contributed by atoms with Crippen molar-refractivity contribution in [3.63, 3.8) is 0 Å². The van der Waals surface area contributed by atoms with E-state index < -0.39 is 0 Å². The molecule has 2 aromatic rings. The highest BCUT2D eigenvalue weighted by Gasteiger charge is 2.04. The Hall–Kier alpha value is -1.32. The lowest BCUT2D eigenvalue weighted by Crippen LogP contribution is -1.99. The molecule has 0 fully saturated rings. The Morgan fingerprint density at radius 3 is 2.58 bits per heavy atom. The molecule has 0 atom stereocenters. The first-order chi connectivity index (χ1) is 9.27. The van der Waals surface area contributed by atoms with Gasteiger partial charge in [0.1, 0.15) is 5.75 Å². The molecule has 0 spiro atoms. The van der Waals surface area contributed by atoms with Crippen molar-refractivity contribution in [2.24, 2.45) is 0 Å². The zero-order valence-electron chi connectivity index (χ0n) is 10.5. The van der Waals surface area contributed by atoms with Crippen LogP contribution in [0, 0.1) is 0 Å². The Bertz CT molecular complexity index is 499. The lowest BCUT2D eigenvalue weighted by Gasteiger charge is -2.08. The summed E-state index contributed by atoms with van der Waals surface area (Å²) in [6, 6.07) is 15.4. The average Bonchev–Trinajstić information content (AvgIpc) is 2.42. The number of thioether (sulfide) groups is 1. The quantitative estimate of drug-likeness (QED) is 0.484. The van der Waals surface area contributed by atoms with Crippen LogP contribution in [0.2, 0.25) is 5.02 Å². The topological polar surface area (TPSA) is 35.2 Å². The number of para-hydroxylation sites is 1. The van der Waals surface area contributed by atoms with Crippen LogP contribution in [-0.4, -0.2) is 12.4 Å². The number of halogens is 1. The smallest absolute Gasteiger partial charge is 0.119 e. The van der Waals surface area contributed by atoms with E-state index in [0.29, 0.717) is 11.6 Å². The Morgan fingerprint density at radius 2 is 1.84 bits per heavy atom. The molecule has 0 aromatic heterocycles. The number of rotatable bonds is 6. The number of nitrogens with two attached hydrogens (primary N) is 1. The summed E-state index contributed by atoms with van der Waals surface area (Å²) in [6.45, 7) is 0.696. The number of anilines is 1. The zero-order chi connectivity index (χ0) is 13.5. The predicted octanol–water partition coefficient (Wildman–Crippen LogP) is 4.48. The van der Waals surface area contributed by atoms with Gasteiger partial charge >= 0.3 is 0 Å².